The normalized spacial score (nSPS) is 25.0. The van der Waals surface area contributed by atoms with Gasteiger partial charge in [0.25, 0.3) is 0 Å². The molecule has 6 rings (SSSR count). The fourth-order valence-corrected chi connectivity index (χ4v) is 5.77. The van der Waals surface area contributed by atoms with Gasteiger partial charge in [-0.3, -0.25) is 14.4 Å². The highest BCUT2D eigenvalue weighted by atomic mass is 16.5. The van der Waals surface area contributed by atoms with Crippen LogP contribution in [0.3, 0.4) is 0 Å². The maximum Gasteiger partial charge on any atom is 0.327 e. The zero-order valence-electron chi connectivity index (χ0n) is 17.9. The molecule has 1 fully saturated rings. The van der Waals surface area contributed by atoms with Crippen LogP contribution in [-0.2, 0) is 4.79 Å². The van der Waals surface area contributed by atoms with Gasteiger partial charge in [0.1, 0.15) is 5.75 Å². The van der Waals surface area contributed by atoms with Crippen molar-refractivity contribution in [1.82, 2.24) is 0 Å². The number of benzene rings is 4. The minimum absolute atomic E-state index is 0.227. The molecule has 0 spiro atoms. The molecule has 2 aliphatic rings. The highest BCUT2D eigenvalue weighted by Gasteiger charge is 2.87. The Kier molecular flexibility index (Phi) is 4.00. The molecule has 1 saturated carbocycles. The van der Waals surface area contributed by atoms with Gasteiger partial charge in [0.2, 0.25) is 0 Å². The standard InChI is InChI=1S/C29H20O4/c1-28(25(30)19-11-4-2-5-12-19)24-23-21-15-9-8-10-18(21)16-17-22(23)33-27(32)29(24,28)26(31)20-13-6-3-7-14-20/h2-17,24H,1H3. The van der Waals surface area contributed by atoms with Crippen LogP contribution in [0.2, 0.25) is 0 Å². The Bertz CT molecular complexity index is 1460. The van der Waals surface area contributed by atoms with E-state index in [1.165, 1.54) is 0 Å². The first-order chi connectivity index (χ1) is 16.0. The van der Waals surface area contributed by atoms with Crippen LogP contribution in [-0.4, -0.2) is 17.5 Å². The van der Waals surface area contributed by atoms with E-state index in [4.69, 9.17) is 4.74 Å². The summed E-state index contributed by atoms with van der Waals surface area (Å²) in [6.45, 7) is 1.74. The highest BCUT2D eigenvalue weighted by molar-refractivity contribution is 6.26. The second-order valence-corrected chi connectivity index (χ2v) is 8.92. The highest BCUT2D eigenvalue weighted by Crippen LogP contribution is 2.79. The number of esters is 1. The van der Waals surface area contributed by atoms with E-state index in [1.807, 2.05) is 42.5 Å². The molecule has 1 heterocycles. The van der Waals surface area contributed by atoms with Crippen molar-refractivity contribution >= 4 is 28.3 Å². The smallest absolute Gasteiger partial charge is 0.327 e. The molecule has 0 amide bonds. The van der Waals surface area contributed by atoms with Crippen molar-refractivity contribution < 1.29 is 19.1 Å². The van der Waals surface area contributed by atoms with Gasteiger partial charge in [-0.1, -0.05) is 97.9 Å². The second kappa shape index (κ2) is 6.72. The quantitative estimate of drug-likeness (QED) is 0.182. The number of rotatable bonds is 4. The number of ketones is 2. The average molecular weight is 432 g/mol. The van der Waals surface area contributed by atoms with Crippen LogP contribution in [0.25, 0.3) is 10.8 Å². The van der Waals surface area contributed by atoms with E-state index in [-0.39, 0.29) is 11.6 Å². The summed E-state index contributed by atoms with van der Waals surface area (Å²) in [6.07, 6.45) is 0. The zero-order valence-corrected chi connectivity index (χ0v) is 17.9. The zero-order chi connectivity index (χ0) is 22.8. The van der Waals surface area contributed by atoms with E-state index in [1.54, 1.807) is 61.5 Å². The van der Waals surface area contributed by atoms with E-state index in [0.29, 0.717) is 16.9 Å². The predicted molar refractivity (Wildman–Crippen MR) is 124 cm³/mol. The molecule has 0 bridgehead atoms. The minimum Gasteiger partial charge on any atom is -0.425 e. The molecule has 0 saturated heterocycles. The number of Topliss-reactive ketones (excluding diaryl/α,β-unsaturated/α-hetero) is 2. The number of hydrogen-bond donors (Lipinski definition) is 0. The summed E-state index contributed by atoms with van der Waals surface area (Å²) in [7, 11) is 0. The lowest BCUT2D eigenvalue weighted by molar-refractivity contribution is -0.140. The van der Waals surface area contributed by atoms with E-state index in [0.717, 1.165) is 16.3 Å². The molecule has 3 atom stereocenters. The van der Waals surface area contributed by atoms with Crippen molar-refractivity contribution in [1.29, 1.82) is 0 Å². The van der Waals surface area contributed by atoms with Gasteiger partial charge in [0.15, 0.2) is 17.0 Å². The number of fused-ring (bicyclic) bond motifs is 5. The summed E-state index contributed by atoms with van der Waals surface area (Å²) < 4.78 is 5.81. The van der Waals surface area contributed by atoms with Crippen molar-refractivity contribution in [2.45, 2.75) is 12.8 Å². The Hall–Kier alpha value is -4.05. The average Bonchev–Trinajstić information content (AvgIpc) is 3.46. The third-order valence-corrected chi connectivity index (χ3v) is 7.39. The van der Waals surface area contributed by atoms with Crippen molar-refractivity contribution in [2.75, 3.05) is 0 Å². The van der Waals surface area contributed by atoms with Crippen LogP contribution in [0.1, 0.15) is 39.1 Å². The molecule has 4 nitrogen and oxygen atoms in total. The lowest BCUT2D eigenvalue weighted by atomic mass is 9.82. The van der Waals surface area contributed by atoms with Gasteiger partial charge in [-0.05, 0) is 16.8 Å². The summed E-state index contributed by atoms with van der Waals surface area (Å²) >= 11 is 0. The van der Waals surface area contributed by atoms with Crippen molar-refractivity contribution in [3.05, 3.63) is 114 Å². The fourth-order valence-electron chi connectivity index (χ4n) is 5.77. The Morgan fingerprint density at radius 1 is 0.727 bits per heavy atom. The van der Waals surface area contributed by atoms with Gasteiger partial charge < -0.3 is 4.74 Å². The van der Waals surface area contributed by atoms with E-state index < -0.39 is 22.7 Å². The van der Waals surface area contributed by atoms with Crippen molar-refractivity contribution in [2.24, 2.45) is 10.8 Å². The molecule has 4 heteroatoms. The lowest BCUT2D eigenvalue weighted by Crippen LogP contribution is -2.39. The summed E-state index contributed by atoms with van der Waals surface area (Å²) in [4.78, 5) is 41.6. The Morgan fingerprint density at radius 2 is 1.30 bits per heavy atom. The predicted octanol–water partition coefficient (Wildman–Crippen LogP) is 5.61. The van der Waals surface area contributed by atoms with Gasteiger partial charge in [-0.15, -0.1) is 0 Å². The maximum atomic E-state index is 14.0. The van der Waals surface area contributed by atoms with Gasteiger partial charge in [-0.2, -0.15) is 0 Å². The maximum absolute atomic E-state index is 14.0. The molecular formula is C29H20O4. The summed E-state index contributed by atoms with van der Waals surface area (Å²) in [5.41, 5.74) is -1.26. The van der Waals surface area contributed by atoms with Crippen LogP contribution in [0.4, 0.5) is 0 Å². The lowest BCUT2D eigenvalue weighted by Gasteiger charge is -2.24. The molecule has 0 aromatic heterocycles. The molecular weight excluding hydrogens is 412 g/mol. The molecule has 4 aromatic carbocycles. The molecule has 3 unspecified atom stereocenters. The first kappa shape index (κ1) is 19.6. The van der Waals surface area contributed by atoms with E-state index in [9.17, 15) is 14.4 Å². The summed E-state index contributed by atoms with van der Waals surface area (Å²) in [5, 5.41) is 1.86. The Morgan fingerprint density at radius 3 is 1.97 bits per heavy atom. The van der Waals surface area contributed by atoms with Gasteiger partial charge >= 0.3 is 5.97 Å². The third-order valence-electron chi connectivity index (χ3n) is 7.39. The molecule has 0 radical (unpaired) electrons. The van der Waals surface area contributed by atoms with Crippen LogP contribution in [0, 0.1) is 10.8 Å². The molecule has 160 valence electrons. The van der Waals surface area contributed by atoms with E-state index >= 15 is 0 Å². The monoisotopic (exact) mass is 432 g/mol. The number of hydrogen-bond acceptors (Lipinski definition) is 4. The first-order valence-electron chi connectivity index (χ1n) is 10.9. The largest absolute Gasteiger partial charge is 0.425 e. The SMILES string of the molecule is CC1(C(=O)c2ccccc2)C2c3c(ccc4ccccc34)OC(=O)C21C(=O)c1ccccc1. The summed E-state index contributed by atoms with van der Waals surface area (Å²) in [5.74, 6) is -1.45. The topological polar surface area (TPSA) is 60.4 Å². The van der Waals surface area contributed by atoms with Crippen molar-refractivity contribution in [3.63, 3.8) is 0 Å². The van der Waals surface area contributed by atoms with Crippen LogP contribution in [0.15, 0.2) is 97.1 Å². The van der Waals surface area contributed by atoms with Crippen LogP contribution in [0.5, 0.6) is 5.75 Å². The molecule has 1 aliphatic carbocycles. The third kappa shape index (κ3) is 2.38. The van der Waals surface area contributed by atoms with Gasteiger partial charge in [0.05, 0.1) is 5.41 Å². The van der Waals surface area contributed by atoms with Crippen LogP contribution >= 0.6 is 0 Å². The molecule has 33 heavy (non-hydrogen) atoms. The number of ether oxygens (including phenoxy) is 1. The van der Waals surface area contributed by atoms with Gasteiger partial charge in [0, 0.05) is 22.6 Å². The number of carbonyl (C=O) groups is 3. The summed E-state index contributed by atoms with van der Waals surface area (Å²) in [6, 6.07) is 29.0. The fraction of sp³-hybridized carbons (Fsp3) is 0.138. The van der Waals surface area contributed by atoms with Gasteiger partial charge in [-0.25, -0.2) is 0 Å². The van der Waals surface area contributed by atoms with Crippen LogP contribution < -0.4 is 4.74 Å². The molecule has 0 N–H and O–H groups in total. The minimum atomic E-state index is -1.61. The number of carbonyl (C=O) groups excluding carboxylic acids is 3. The Labute approximate surface area is 190 Å². The molecule has 1 aliphatic heterocycles. The molecule has 4 aromatic rings. The van der Waals surface area contributed by atoms with Crippen molar-refractivity contribution in [3.8, 4) is 5.75 Å². The Balaban J connectivity index is 1.64. The second-order valence-electron chi connectivity index (χ2n) is 8.92. The van der Waals surface area contributed by atoms with E-state index in [2.05, 4.69) is 0 Å². The first-order valence-corrected chi connectivity index (χ1v) is 10.9.